The summed E-state index contributed by atoms with van der Waals surface area (Å²) in [5.41, 5.74) is 1.93. The lowest BCUT2D eigenvalue weighted by atomic mass is 10.0. The number of hydrogen-bond donors (Lipinski definition) is 1. The first-order chi connectivity index (χ1) is 7.59. The fraction of sp³-hybridized carbons (Fsp3) is 0.273. The summed E-state index contributed by atoms with van der Waals surface area (Å²) < 4.78 is 14.6. The Balaban J connectivity index is 2.39. The van der Waals surface area contributed by atoms with Crippen LogP contribution in [0.2, 0.25) is 0 Å². The summed E-state index contributed by atoms with van der Waals surface area (Å²) in [7, 11) is 1.79. The van der Waals surface area contributed by atoms with Crippen LogP contribution in [-0.2, 0) is 7.05 Å². The zero-order chi connectivity index (χ0) is 11.7. The summed E-state index contributed by atoms with van der Waals surface area (Å²) in [5, 5.41) is 14.1. The quantitative estimate of drug-likeness (QED) is 0.832. The van der Waals surface area contributed by atoms with Crippen molar-refractivity contribution < 1.29 is 9.50 Å². The zero-order valence-electron chi connectivity index (χ0n) is 9.05. The van der Waals surface area contributed by atoms with Gasteiger partial charge in [0.2, 0.25) is 0 Å². The van der Waals surface area contributed by atoms with Crippen LogP contribution in [0.4, 0.5) is 4.39 Å². The molecule has 5 heteroatoms. The predicted octanol–water partition coefficient (Wildman–Crippen LogP) is 1.34. The minimum atomic E-state index is -0.892. The summed E-state index contributed by atoms with van der Waals surface area (Å²) in [5.74, 6) is -0.460. The molecule has 0 bridgehead atoms. The van der Waals surface area contributed by atoms with Crippen LogP contribution >= 0.6 is 0 Å². The van der Waals surface area contributed by atoms with Gasteiger partial charge in [0.15, 0.2) is 0 Å². The molecule has 0 aliphatic rings. The third-order valence-electron chi connectivity index (χ3n) is 2.61. The van der Waals surface area contributed by atoms with E-state index in [-0.39, 0.29) is 0 Å². The number of pyridine rings is 1. The van der Waals surface area contributed by atoms with E-state index in [1.807, 2.05) is 6.92 Å². The number of nitrogens with zero attached hydrogens (tertiary/aromatic N) is 3. The van der Waals surface area contributed by atoms with E-state index >= 15 is 0 Å². The Morgan fingerprint density at radius 1 is 1.38 bits per heavy atom. The van der Waals surface area contributed by atoms with Gasteiger partial charge in [-0.15, -0.1) is 0 Å². The lowest BCUT2D eigenvalue weighted by Gasteiger charge is -2.10. The van der Waals surface area contributed by atoms with E-state index in [1.165, 1.54) is 12.3 Å². The maximum atomic E-state index is 13.0. The van der Waals surface area contributed by atoms with Crippen LogP contribution < -0.4 is 0 Å². The molecule has 2 aromatic rings. The van der Waals surface area contributed by atoms with Gasteiger partial charge in [-0.2, -0.15) is 5.10 Å². The molecule has 0 amide bonds. The van der Waals surface area contributed by atoms with Gasteiger partial charge in [-0.1, -0.05) is 0 Å². The fourth-order valence-corrected chi connectivity index (χ4v) is 1.54. The van der Waals surface area contributed by atoms with Crippen LogP contribution in [0.15, 0.2) is 24.7 Å². The van der Waals surface area contributed by atoms with Crippen LogP contribution in [0.3, 0.4) is 0 Å². The fourth-order valence-electron chi connectivity index (χ4n) is 1.54. The van der Waals surface area contributed by atoms with Gasteiger partial charge in [0, 0.05) is 30.1 Å². The molecule has 2 aromatic heterocycles. The van der Waals surface area contributed by atoms with Gasteiger partial charge in [0.05, 0.1) is 12.4 Å². The summed E-state index contributed by atoms with van der Waals surface area (Å²) in [6.07, 6.45) is 3.23. The Morgan fingerprint density at radius 3 is 2.69 bits per heavy atom. The first kappa shape index (κ1) is 10.8. The number of aliphatic hydroxyl groups excluding tert-OH is 1. The Bertz CT molecular complexity index is 510. The number of hydrogen-bond acceptors (Lipinski definition) is 3. The summed E-state index contributed by atoms with van der Waals surface area (Å²) in [6.45, 7) is 1.85. The molecular weight excluding hydrogens is 209 g/mol. The van der Waals surface area contributed by atoms with Crippen molar-refractivity contribution in [2.45, 2.75) is 13.0 Å². The van der Waals surface area contributed by atoms with Crippen molar-refractivity contribution in [3.8, 4) is 0 Å². The smallest absolute Gasteiger partial charge is 0.141 e. The van der Waals surface area contributed by atoms with Crippen molar-refractivity contribution in [2.75, 3.05) is 0 Å². The molecule has 1 unspecified atom stereocenters. The Hall–Kier alpha value is -1.75. The number of rotatable bonds is 2. The van der Waals surface area contributed by atoms with E-state index in [9.17, 15) is 9.50 Å². The van der Waals surface area contributed by atoms with Crippen molar-refractivity contribution in [3.05, 3.63) is 47.3 Å². The molecule has 0 saturated heterocycles. The molecule has 1 N–H and O–H groups in total. The average molecular weight is 221 g/mol. The molecule has 0 aliphatic carbocycles. The largest absolute Gasteiger partial charge is 0.383 e. The zero-order valence-corrected chi connectivity index (χ0v) is 9.05. The molecule has 2 rings (SSSR count). The van der Waals surface area contributed by atoms with Crippen LogP contribution in [0.1, 0.15) is 22.9 Å². The van der Waals surface area contributed by atoms with Gasteiger partial charge in [0.1, 0.15) is 11.9 Å². The molecule has 0 radical (unpaired) electrons. The lowest BCUT2D eigenvalue weighted by Crippen LogP contribution is -2.03. The monoisotopic (exact) mass is 221 g/mol. The molecule has 84 valence electrons. The van der Waals surface area contributed by atoms with Crippen molar-refractivity contribution in [3.63, 3.8) is 0 Å². The molecule has 2 heterocycles. The molecular formula is C11H12FN3O. The third-order valence-corrected chi connectivity index (χ3v) is 2.61. The number of aryl methyl sites for hydroxylation is 1. The summed E-state index contributed by atoms with van der Waals surface area (Å²) >= 11 is 0. The maximum Gasteiger partial charge on any atom is 0.141 e. The molecule has 4 nitrogen and oxygen atoms in total. The molecule has 1 atom stereocenters. The van der Waals surface area contributed by atoms with Gasteiger partial charge in [-0.05, 0) is 13.0 Å². The van der Waals surface area contributed by atoms with Gasteiger partial charge in [-0.25, -0.2) is 4.39 Å². The first-order valence-electron chi connectivity index (χ1n) is 4.86. The topological polar surface area (TPSA) is 50.9 Å². The average Bonchev–Trinajstić information content (AvgIpc) is 2.59. The van der Waals surface area contributed by atoms with Crippen molar-refractivity contribution in [1.29, 1.82) is 0 Å². The van der Waals surface area contributed by atoms with Crippen molar-refractivity contribution >= 4 is 0 Å². The van der Waals surface area contributed by atoms with E-state index in [1.54, 1.807) is 17.9 Å². The van der Waals surface area contributed by atoms with E-state index < -0.39 is 11.9 Å². The van der Waals surface area contributed by atoms with E-state index in [2.05, 4.69) is 10.1 Å². The highest BCUT2D eigenvalue weighted by molar-refractivity contribution is 5.29. The van der Waals surface area contributed by atoms with Gasteiger partial charge >= 0.3 is 0 Å². The molecule has 0 saturated carbocycles. The van der Waals surface area contributed by atoms with Crippen molar-refractivity contribution in [1.82, 2.24) is 14.8 Å². The van der Waals surface area contributed by atoms with E-state index in [0.29, 0.717) is 11.1 Å². The highest BCUT2D eigenvalue weighted by Crippen LogP contribution is 2.23. The van der Waals surface area contributed by atoms with E-state index in [4.69, 9.17) is 0 Å². The second-order valence-electron chi connectivity index (χ2n) is 3.65. The van der Waals surface area contributed by atoms with Crippen molar-refractivity contribution in [2.24, 2.45) is 7.05 Å². The van der Waals surface area contributed by atoms with Gasteiger partial charge < -0.3 is 5.11 Å². The second-order valence-corrected chi connectivity index (χ2v) is 3.65. The standard InChI is InChI=1S/C11H12FN3O/c1-7-10(6-14-15(7)2)11(16)8-3-9(12)5-13-4-8/h3-6,11,16H,1-2H3. The minimum absolute atomic E-state index is 0.427. The molecule has 16 heavy (non-hydrogen) atoms. The Kier molecular flexibility index (Phi) is 2.70. The van der Waals surface area contributed by atoms with Crippen LogP contribution in [0, 0.1) is 12.7 Å². The minimum Gasteiger partial charge on any atom is -0.383 e. The van der Waals surface area contributed by atoms with Gasteiger partial charge in [-0.3, -0.25) is 9.67 Å². The molecule has 0 spiro atoms. The summed E-state index contributed by atoms with van der Waals surface area (Å²) in [4.78, 5) is 3.71. The Labute approximate surface area is 92.4 Å². The molecule has 0 fully saturated rings. The third kappa shape index (κ3) is 1.81. The van der Waals surface area contributed by atoms with E-state index in [0.717, 1.165) is 11.9 Å². The molecule has 0 aliphatic heterocycles. The maximum absolute atomic E-state index is 13.0. The normalized spacial score (nSPS) is 12.8. The van der Waals surface area contributed by atoms with Crippen LogP contribution in [-0.4, -0.2) is 19.9 Å². The highest BCUT2D eigenvalue weighted by atomic mass is 19.1. The first-order valence-corrected chi connectivity index (χ1v) is 4.86. The SMILES string of the molecule is Cc1c(C(O)c2cncc(F)c2)cnn1C. The molecule has 0 aromatic carbocycles. The predicted molar refractivity (Wildman–Crippen MR) is 56.2 cm³/mol. The number of halogens is 1. The summed E-state index contributed by atoms with van der Waals surface area (Å²) in [6, 6.07) is 1.27. The van der Waals surface area contributed by atoms with Crippen LogP contribution in [0.5, 0.6) is 0 Å². The second kappa shape index (κ2) is 4.02. The van der Waals surface area contributed by atoms with Crippen LogP contribution in [0.25, 0.3) is 0 Å². The number of aromatic nitrogens is 3. The van der Waals surface area contributed by atoms with Gasteiger partial charge in [0.25, 0.3) is 0 Å². The lowest BCUT2D eigenvalue weighted by molar-refractivity contribution is 0.218. The Morgan fingerprint density at radius 2 is 2.12 bits per heavy atom. The number of aliphatic hydroxyl groups is 1. The highest BCUT2D eigenvalue weighted by Gasteiger charge is 2.16.